The highest BCUT2D eigenvalue weighted by Crippen LogP contribution is 2.32. The predicted molar refractivity (Wildman–Crippen MR) is 147 cm³/mol. The average Bonchev–Trinajstić information content (AvgIpc) is 2.91. The quantitative estimate of drug-likeness (QED) is 0.220. The number of rotatable bonds is 6. The van der Waals surface area contributed by atoms with Gasteiger partial charge in [0.05, 0.1) is 5.69 Å². The van der Waals surface area contributed by atoms with E-state index in [9.17, 15) is 14.4 Å². The number of halogens is 1. The number of hydrogen-bond acceptors (Lipinski definition) is 4. The van der Waals surface area contributed by atoms with Crippen molar-refractivity contribution in [2.24, 2.45) is 0 Å². The number of imide groups is 2. The number of anilines is 1. The topological polar surface area (TPSA) is 75.7 Å². The Hall–Kier alpha value is -4.23. The molecule has 4 aromatic carbocycles. The molecule has 1 aliphatic rings. The highest BCUT2D eigenvalue weighted by atomic mass is 79.9. The van der Waals surface area contributed by atoms with Crippen LogP contribution in [0.15, 0.2) is 95.0 Å². The van der Waals surface area contributed by atoms with Crippen molar-refractivity contribution in [3.05, 3.63) is 112 Å². The van der Waals surface area contributed by atoms with Crippen LogP contribution < -0.4 is 15.0 Å². The summed E-state index contributed by atoms with van der Waals surface area (Å²) in [5, 5.41) is 4.05. The summed E-state index contributed by atoms with van der Waals surface area (Å²) in [5.41, 5.74) is 2.87. The number of carbonyl (C=O) groups is 3. The molecule has 7 heteroatoms. The van der Waals surface area contributed by atoms with Crippen LogP contribution in [0.2, 0.25) is 0 Å². The van der Waals surface area contributed by atoms with Crippen LogP contribution in [0, 0.1) is 0 Å². The molecule has 4 aromatic rings. The maximum absolute atomic E-state index is 13.5. The van der Waals surface area contributed by atoms with Gasteiger partial charge in [0.1, 0.15) is 17.9 Å². The normalized spacial score (nSPS) is 14.8. The molecule has 0 unspecified atom stereocenters. The fourth-order valence-corrected chi connectivity index (χ4v) is 4.47. The number of nitrogens with zero attached hydrogens (tertiary/aromatic N) is 1. The van der Waals surface area contributed by atoms with Crippen molar-refractivity contribution in [2.45, 2.75) is 20.0 Å². The zero-order chi connectivity index (χ0) is 25.9. The summed E-state index contributed by atoms with van der Waals surface area (Å²) >= 11 is 3.43. The summed E-state index contributed by atoms with van der Waals surface area (Å²) in [7, 11) is 0. The summed E-state index contributed by atoms with van der Waals surface area (Å²) < 4.78 is 7.13. The molecular weight excluding hydrogens is 532 g/mol. The van der Waals surface area contributed by atoms with Crippen molar-refractivity contribution < 1.29 is 19.1 Å². The van der Waals surface area contributed by atoms with Gasteiger partial charge in [0.15, 0.2) is 0 Å². The second-order valence-corrected chi connectivity index (χ2v) is 9.51. The molecule has 1 heterocycles. The SMILES string of the molecule is CCc1ccc(N2C(=O)NC(=O)/C(=C\c3c(OCc4ccc(Br)cc4)ccc4ccccc34)C2=O)cc1. The van der Waals surface area contributed by atoms with Crippen LogP contribution in [0.25, 0.3) is 16.8 Å². The largest absolute Gasteiger partial charge is 0.488 e. The van der Waals surface area contributed by atoms with Crippen LogP contribution in [-0.2, 0) is 22.6 Å². The molecule has 0 aromatic heterocycles. The number of ether oxygens (including phenoxy) is 1. The number of fused-ring (bicyclic) bond motifs is 1. The van der Waals surface area contributed by atoms with Crippen LogP contribution in [0.1, 0.15) is 23.6 Å². The number of aryl methyl sites for hydroxylation is 1. The minimum atomic E-state index is -0.777. The first-order valence-electron chi connectivity index (χ1n) is 11.8. The van der Waals surface area contributed by atoms with Crippen molar-refractivity contribution in [3.8, 4) is 5.75 Å². The van der Waals surface area contributed by atoms with Gasteiger partial charge >= 0.3 is 6.03 Å². The Bertz CT molecular complexity index is 1540. The second kappa shape index (κ2) is 10.4. The van der Waals surface area contributed by atoms with Crippen molar-refractivity contribution in [1.82, 2.24) is 5.32 Å². The number of barbiturate groups is 1. The van der Waals surface area contributed by atoms with E-state index in [4.69, 9.17) is 4.74 Å². The summed E-state index contributed by atoms with van der Waals surface area (Å²) in [6.45, 7) is 2.32. The number of hydrogen-bond donors (Lipinski definition) is 1. The van der Waals surface area contributed by atoms with Gasteiger partial charge in [-0.3, -0.25) is 14.9 Å². The van der Waals surface area contributed by atoms with Crippen molar-refractivity contribution in [3.63, 3.8) is 0 Å². The van der Waals surface area contributed by atoms with E-state index in [0.29, 0.717) is 23.6 Å². The first-order chi connectivity index (χ1) is 17.9. The molecular formula is C30H23BrN2O4. The van der Waals surface area contributed by atoms with E-state index in [-0.39, 0.29) is 5.57 Å². The summed E-state index contributed by atoms with van der Waals surface area (Å²) in [4.78, 5) is 40.0. The summed E-state index contributed by atoms with van der Waals surface area (Å²) in [6.07, 6.45) is 2.34. The highest BCUT2D eigenvalue weighted by molar-refractivity contribution is 9.10. The highest BCUT2D eigenvalue weighted by Gasteiger charge is 2.37. The minimum absolute atomic E-state index is 0.149. The van der Waals surface area contributed by atoms with Crippen molar-refractivity contribution in [2.75, 3.05) is 4.90 Å². The maximum Gasteiger partial charge on any atom is 0.335 e. The lowest BCUT2D eigenvalue weighted by Crippen LogP contribution is -2.54. The molecule has 1 N–H and O–H groups in total. The van der Waals surface area contributed by atoms with Gasteiger partial charge in [0, 0.05) is 10.0 Å². The Morgan fingerprint density at radius 3 is 2.30 bits per heavy atom. The fourth-order valence-electron chi connectivity index (χ4n) is 4.21. The molecule has 0 saturated carbocycles. The Balaban J connectivity index is 1.56. The monoisotopic (exact) mass is 554 g/mol. The van der Waals surface area contributed by atoms with Crippen LogP contribution in [0.4, 0.5) is 10.5 Å². The molecule has 0 radical (unpaired) electrons. The van der Waals surface area contributed by atoms with Gasteiger partial charge < -0.3 is 4.74 Å². The first-order valence-corrected chi connectivity index (χ1v) is 12.6. The van der Waals surface area contributed by atoms with E-state index in [0.717, 1.165) is 37.7 Å². The Labute approximate surface area is 222 Å². The smallest absolute Gasteiger partial charge is 0.335 e. The molecule has 6 nitrogen and oxygen atoms in total. The molecule has 0 spiro atoms. The van der Waals surface area contributed by atoms with Crippen molar-refractivity contribution >= 4 is 56.3 Å². The van der Waals surface area contributed by atoms with E-state index < -0.39 is 17.8 Å². The van der Waals surface area contributed by atoms with Crippen LogP contribution in [0.5, 0.6) is 5.75 Å². The van der Waals surface area contributed by atoms with Gasteiger partial charge in [-0.1, -0.05) is 77.5 Å². The van der Waals surface area contributed by atoms with Gasteiger partial charge in [0.2, 0.25) is 0 Å². The summed E-state index contributed by atoms with van der Waals surface area (Å²) in [6, 6.07) is 25.5. The van der Waals surface area contributed by atoms with Gasteiger partial charge in [-0.2, -0.15) is 0 Å². The lowest BCUT2D eigenvalue weighted by Gasteiger charge is -2.26. The molecule has 0 aliphatic carbocycles. The molecule has 1 aliphatic heterocycles. The van der Waals surface area contributed by atoms with Gasteiger partial charge in [-0.25, -0.2) is 9.69 Å². The molecule has 0 atom stereocenters. The lowest BCUT2D eigenvalue weighted by atomic mass is 9.99. The van der Waals surface area contributed by atoms with E-state index in [1.54, 1.807) is 12.1 Å². The van der Waals surface area contributed by atoms with Crippen LogP contribution >= 0.6 is 15.9 Å². The number of benzene rings is 4. The number of nitrogens with one attached hydrogen (secondary N) is 1. The van der Waals surface area contributed by atoms with Crippen molar-refractivity contribution in [1.29, 1.82) is 0 Å². The Morgan fingerprint density at radius 1 is 0.865 bits per heavy atom. The third-order valence-corrected chi connectivity index (χ3v) is 6.76. The molecule has 1 fully saturated rings. The minimum Gasteiger partial charge on any atom is -0.488 e. The van der Waals surface area contributed by atoms with Gasteiger partial charge in [-0.15, -0.1) is 0 Å². The number of amides is 4. The number of urea groups is 1. The third kappa shape index (κ3) is 5.04. The van der Waals surface area contributed by atoms with E-state index in [2.05, 4.69) is 21.2 Å². The average molecular weight is 555 g/mol. The zero-order valence-corrected chi connectivity index (χ0v) is 21.6. The van der Waals surface area contributed by atoms with E-state index >= 15 is 0 Å². The van der Waals surface area contributed by atoms with Crippen LogP contribution in [-0.4, -0.2) is 17.8 Å². The van der Waals surface area contributed by atoms with E-state index in [1.165, 1.54) is 6.08 Å². The third-order valence-electron chi connectivity index (χ3n) is 6.23. The molecule has 184 valence electrons. The first kappa shape index (κ1) is 24.5. The molecule has 0 bridgehead atoms. The van der Waals surface area contributed by atoms with Crippen LogP contribution in [0.3, 0.4) is 0 Å². The standard InChI is InChI=1S/C30H23BrN2O4/c1-2-19-9-14-23(15-10-19)33-29(35)26(28(34)32-30(33)36)17-25-24-6-4-3-5-21(24)11-16-27(25)37-18-20-7-12-22(31)13-8-20/h3-17H,2,18H2,1H3,(H,32,34,36)/b26-17+. The fraction of sp³-hybridized carbons (Fsp3) is 0.100. The molecule has 37 heavy (non-hydrogen) atoms. The lowest BCUT2D eigenvalue weighted by molar-refractivity contribution is -0.122. The second-order valence-electron chi connectivity index (χ2n) is 8.59. The zero-order valence-electron chi connectivity index (χ0n) is 20.0. The Morgan fingerprint density at radius 2 is 1.57 bits per heavy atom. The maximum atomic E-state index is 13.5. The van der Waals surface area contributed by atoms with Gasteiger partial charge in [0.25, 0.3) is 11.8 Å². The number of carbonyl (C=O) groups excluding carboxylic acids is 3. The molecule has 4 amide bonds. The van der Waals surface area contributed by atoms with Gasteiger partial charge in [-0.05, 0) is 64.7 Å². The molecule has 1 saturated heterocycles. The Kier molecular flexibility index (Phi) is 6.88. The summed E-state index contributed by atoms with van der Waals surface area (Å²) in [5.74, 6) is -0.918. The predicted octanol–water partition coefficient (Wildman–Crippen LogP) is 6.41. The van der Waals surface area contributed by atoms with E-state index in [1.807, 2.05) is 79.7 Å². The molecule has 5 rings (SSSR count).